The van der Waals surface area contributed by atoms with Crippen LogP contribution in [0, 0.1) is 0 Å². The highest BCUT2D eigenvalue weighted by Crippen LogP contribution is 2.13. The minimum absolute atomic E-state index is 0.220. The van der Waals surface area contributed by atoms with Gasteiger partial charge in [0.25, 0.3) is 0 Å². The van der Waals surface area contributed by atoms with Crippen molar-refractivity contribution in [3.63, 3.8) is 0 Å². The number of anilines is 1. The predicted molar refractivity (Wildman–Crippen MR) is 92.8 cm³/mol. The minimum atomic E-state index is -0.963. The van der Waals surface area contributed by atoms with E-state index in [0.717, 1.165) is 17.0 Å². The number of aromatic nitrogens is 2. The van der Waals surface area contributed by atoms with Crippen LogP contribution in [0.2, 0.25) is 0 Å². The molecule has 0 bridgehead atoms. The summed E-state index contributed by atoms with van der Waals surface area (Å²) in [6.45, 7) is 1.89. The molecule has 1 heterocycles. The number of carbonyl (C=O) groups is 1. The highest BCUT2D eigenvalue weighted by molar-refractivity contribution is 5.99. The van der Waals surface area contributed by atoms with Crippen LogP contribution in [0.3, 0.4) is 0 Å². The Labute approximate surface area is 139 Å². The van der Waals surface area contributed by atoms with E-state index in [4.69, 9.17) is 5.11 Å². The zero-order valence-corrected chi connectivity index (χ0v) is 13.0. The first-order valence-electron chi connectivity index (χ1n) is 7.36. The summed E-state index contributed by atoms with van der Waals surface area (Å²) < 4.78 is 1.92. The number of aromatic carboxylic acids is 1. The molecule has 24 heavy (non-hydrogen) atoms. The van der Waals surface area contributed by atoms with Crippen molar-refractivity contribution in [2.75, 3.05) is 5.43 Å². The van der Waals surface area contributed by atoms with Gasteiger partial charge < -0.3 is 9.67 Å². The fraction of sp³-hybridized carbons (Fsp3) is 0.0556. The molecule has 0 unspecified atom stereocenters. The topological polar surface area (TPSA) is 79.5 Å². The average Bonchev–Trinajstić information content (AvgIpc) is 3.14. The van der Waals surface area contributed by atoms with E-state index >= 15 is 0 Å². The smallest absolute Gasteiger partial charge is 0.335 e. The van der Waals surface area contributed by atoms with Gasteiger partial charge in [0.15, 0.2) is 0 Å². The van der Waals surface area contributed by atoms with Gasteiger partial charge in [-0.1, -0.05) is 18.2 Å². The first kappa shape index (κ1) is 15.5. The largest absolute Gasteiger partial charge is 0.478 e. The molecule has 0 saturated heterocycles. The number of hydrogen-bond donors (Lipinski definition) is 2. The summed E-state index contributed by atoms with van der Waals surface area (Å²) in [6.07, 6.45) is 5.36. The van der Waals surface area contributed by atoms with Crippen LogP contribution in [0.5, 0.6) is 0 Å². The molecule has 0 fully saturated rings. The molecular weight excluding hydrogens is 304 g/mol. The lowest BCUT2D eigenvalue weighted by Gasteiger charge is -2.06. The molecule has 0 aliphatic rings. The number of imidazole rings is 1. The molecule has 2 aromatic carbocycles. The monoisotopic (exact) mass is 320 g/mol. The first-order valence-corrected chi connectivity index (χ1v) is 7.36. The van der Waals surface area contributed by atoms with Crippen molar-refractivity contribution in [1.29, 1.82) is 0 Å². The van der Waals surface area contributed by atoms with E-state index in [-0.39, 0.29) is 5.56 Å². The molecule has 3 aromatic rings. The number of rotatable bonds is 5. The van der Waals surface area contributed by atoms with Gasteiger partial charge in [-0.2, -0.15) is 5.10 Å². The number of nitrogens with zero attached hydrogens (tertiary/aromatic N) is 3. The van der Waals surface area contributed by atoms with Crippen molar-refractivity contribution in [3.05, 3.63) is 78.4 Å². The van der Waals surface area contributed by atoms with E-state index in [9.17, 15) is 4.79 Å². The van der Waals surface area contributed by atoms with Crippen molar-refractivity contribution in [2.24, 2.45) is 5.10 Å². The summed E-state index contributed by atoms with van der Waals surface area (Å²) in [6, 6.07) is 14.5. The zero-order valence-electron chi connectivity index (χ0n) is 13.0. The maximum atomic E-state index is 11.0. The number of carboxylic acids is 1. The van der Waals surface area contributed by atoms with E-state index in [0.29, 0.717) is 5.69 Å². The van der Waals surface area contributed by atoms with E-state index < -0.39 is 5.97 Å². The summed E-state index contributed by atoms with van der Waals surface area (Å²) in [4.78, 5) is 15.0. The number of hydrogen-bond acceptors (Lipinski definition) is 4. The van der Waals surface area contributed by atoms with Gasteiger partial charge in [-0.05, 0) is 42.8 Å². The molecule has 0 radical (unpaired) electrons. The fourth-order valence-corrected chi connectivity index (χ4v) is 2.22. The Bertz CT molecular complexity index is 868. The Morgan fingerprint density at radius 1 is 1.17 bits per heavy atom. The van der Waals surface area contributed by atoms with Gasteiger partial charge in [0, 0.05) is 18.1 Å². The molecule has 1 aromatic heterocycles. The average molecular weight is 320 g/mol. The van der Waals surface area contributed by atoms with Crippen LogP contribution in [0.25, 0.3) is 5.69 Å². The van der Waals surface area contributed by atoms with Crippen LogP contribution in [0.15, 0.2) is 72.4 Å². The lowest BCUT2D eigenvalue weighted by molar-refractivity contribution is 0.0697. The Balaban J connectivity index is 1.74. The second-order valence-corrected chi connectivity index (χ2v) is 5.21. The number of benzene rings is 2. The number of nitrogens with one attached hydrogen (secondary N) is 1. The lowest BCUT2D eigenvalue weighted by atomic mass is 10.1. The van der Waals surface area contributed by atoms with Crippen LogP contribution in [0.4, 0.5) is 5.69 Å². The summed E-state index contributed by atoms with van der Waals surface area (Å²) >= 11 is 0. The molecule has 0 aliphatic carbocycles. The molecule has 2 N–H and O–H groups in total. The van der Waals surface area contributed by atoms with E-state index in [1.807, 2.05) is 42.0 Å². The van der Waals surface area contributed by atoms with Crippen LogP contribution in [-0.4, -0.2) is 26.3 Å². The van der Waals surface area contributed by atoms with Crippen molar-refractivity contribution in [3.8, 4) is 5.69 Å². The quantitative estimate of drug-likeness (QED) is 0.558. The SMILES string of the molecule is C/C(=N\Nc1cccc(C(=O)O)c1)c1ccc(-n2ccnc2)cc1. The van der Waals surface area contributed by atoms with Gasteiger partial charge in [0.1, 0.15) is 0 Å². The van der Waals surface area contributed by atoms with Gasteiger partial charge in [-0.25, -0.2) is 9.78 Å². The Hall–Kier alpha value is -3.41. The fourth-order valence-electron chi connectivity index (χ4n) is 2.22. The van der Waals surface area contributed by atoms with E-state index in [2.05, 4.69) is 15.5 Å². The molecule has 0 spiro atoms. The van der Waals surface area contributed by atoms with Crippen molar-refractivity contribution in [1.82, 2.24) is 9.55 Å². The highest BCUT2D eigenvalue weighted by atomic mass is 16.4. The summed E-state index contributed by atoms with van der Waals surface area (Å²) in [5.41, 5.74) is 6.53. The molecule has 120 valence electrons. The van der Waals surface area contributed by atoms with Gasteiger partial charge in [0.2, 0.25) is 0 Å². The number of hydrazone groups is 1. The van der Waals surface area contributed by atoms with Crippen LogP contribution >= 0.6 is 0 Å². The third-order valence-electron chi connectivity index (χ3n) is 3.55. The van der Waals surface area contributed by atoms with Gasteiger partial charge >= 0.3 is 5.97 Å². The maximum Gasteiger partial charge on any atom is 0.335 e. The third kappa shape index (κ3) is 3.49. The van der Waals surface area contributed by atoms with Crippen molar-refractivity contribution >= 4 is 17.4 Å². The molecule has 0 atom stereocenters. The van der Waals surface area contributed by atoms with Crippen molar-refractivity contribution in [2.45, 2.75) is 6.92 Å². The summed E-state index contributed by atoms with van der Waals surface area (Å²) in [5.74, 6) is -0.963. The first-order chi connectivity index (χ1) is 11.6. The number of carboxylic acid groups (broad SMARTS) is 1. The van der Waals surface area contributed by atoms with E-state index in [1.54, 1.807) is 36.8 Å². The minimum Gasteiger partial charge on any atom is -0.478 e. The van der Waals surface area contributed by atoms with Crippen LogP contribution in [0.1, 0.15) is 22.8 Å². The summed E-state index contributed by atoms with van der Waals surface area (Å²) in [5, 5.41) is 13.3. The molecular formula is C18H16N4O2. The second-order valence-electron chi connectivity index (χ2n) is 5.21. The molecule has 3 rings (SSSR count). The standard InChI is InChI=1S/C18H16N4O2/c1-13(20-21-16-4-2-3-15(11-16)18(23)24)14-5-7-17(8-6-14)22-10-9-19-12-22/h2-12,21H,1H3,(H,23,24)/b20-13+. The third-order valence-corrected chi connectivity index (χ3v) is 3.55. The van der Waals surface area contributed by atoms with E-state index in [1.165, 1.54) is 0 Å². The Morgan fingerprint density at radius 3 is 2.62 bits per heavy atom. The Kier molecular flexibility index (Phi) is 4.38. The van der Waals surface area contributed by atoms with Gasteiger partial charge in [-0.15, -0.1) is 0 Å². The molecule has 6 nitrogen and oxygen atoms in total. The van der Waals surface area contributed by atoms with Crippen LogP contribution < -0.4 is 5.43 Å². The normalized spacial score (nSPS) is 11.3. The predicted octanol–water partition coefficient (Wildman–Crippen LogP) is 3.41. The highest BCUT2D eigenvalue weighted by Gasteiger charge is 2.03. The molecule has 0 aliphatic heterocycles. The second kappa shape index (κ2) is 6.78. The maximum absolute atomic E-state index is 11.0. The van der Waals surface area contributed by atoms with Gasteiger partial charge in [0.05, 0.1) is 23.3 Å². The molecule has 0 amide bonds. The van der Waals surface area contributed by atoms with Gasteiger partial charge in [-0.3, -0.25) is 5.43 Å². The molecule has 6 heteroatoms. The summed E-state index contributed by atoms with van der Waals surface area (Å²) in [7, 11) is 0. The van der Waals surface area contributed by atoms with Crippen LogP contribution in [-0.2, 0) is 0 Å². The van der Waals surface area contributed by atoms with Crippen molar-refractivity contribution < 1.29 is 9.90 Å². The zero-order chi connectivity index (χ0) is 16.9. The lowest BCUT2D eigenvalue weighted by Crippen LogP contribution is -2.02. The molecule has 0 saturated carbocycles. The Morgan fingerprint density at radius 2 is 1.96 bits per heavy atom.